The maximum absolute atomic E-state index is 16.0. The molecular formula is C26H28FN9. The van der Waals surface area contributed by atoms with Crippen LogP contribution in [0.25, 0.3) is 44.6 Å². The van der Waals surface area contributed by atoms with Crippen LogP contribution in [0.15, 0.2) is 42.9 Å². The Labute approximate surface area is 208 Å². The van der Waals surface area contributed by atoms with Gasteiger partial charge in [-0.3, -0.25) is 10.1 Å². The predicted molar refractivity (Wildman–Crippen MR) is 139 cm³/mol. The van der Waals surface area contributed by atoms with E-state index in [-0.39, 0.29) is 5.82 Å². The second-order valence-corrected chi connectivity index (χ2v) is 9.65. The summed E-state index contributed by atoms with van der Waals surface area (Å²) in [7, 11) is 6.11. The Morgan fingerprint density at radius 3 is 2.69 bits per heavy atom. The van der Waals surface area contributed by atoms with Crippen molar-refractivity contribution < 1.29 is 4.39 Å². The highest BCUT2D eigenvalue weighted by Crippen LogP contribution is 2.35. The van der Waals surface area contributed by atoms with Crippen molar-refractivity contribution >= 4 is 27.8 Å². The summed E-state index contributed by atoms with van der Waals surface area (Å²) in [5.74, 6) is 1.00. The molecule has 10 heteroatoms. The van der Waals surface area contributed by atoms with E-state index in [1.54, 1.807) is 18.5 Å². The molecule has 1 aliphatic heterocycles. The van der Waals surface area contributed by atoms with Gasteiger partial charge in [-0.05, 0) is 51.0 Å². The van der Waals surface area contributed by atoms with Crippen LogP contribution in [0.3, 0.4) is 0 Å². The zero-order valence-electron chi connectivity index (χ0n) is 20.6. The lowest BCUT2D eigenvalue weighted by Gasteiger charge is -2.33. The van der Waals surface area contributed by atoms with Gasteiger partial charge >= 0.3 is 0 Å². The number of nitrogens with one attached hydrogen (secondary N) is 2. The molecular weight excluding hydrogens is 457 g/mol. The lowest BCUT2D eigenvalue weighted by atomic mass is 10.0. The average molecular weight is 486 g/mol. The van der Waals surface area contributed by atoms with Gasteiger partial charge in [-0.15, -0.1) is 0 Å². The summed E-state index contributed by atoms with van der Waals surface area (Å²) in [6, 6.07) is 7.49. The van der Waals surface area contributed by atoms with Crippen molar-refractivity contribution in [2.24, 2.45) is 0 Å². The van der Waals surface area contributed by atoms with Crippen LogP contribution in [-0.2, 0) is 6.54 Å². The van der Waals surface area contributed by atoms with Gasteiger partial charge in [0.15, 0.2) is 11.6 Å². The van der Waals surface area contributed by atoms with Gasteiger partial charge in [0.1, 0.15) is 17.0 Å². The number of anilines is 1. The number of rotatable bonds is 5. The molecule has 0 radical (unpaired) electrons. The van der Waals surface area contributed by atoms with Gasteiger partial charge in [0, 0.05) is 62.4 Å². The predicted octanol–water partition coefficient (Wildman–Crippen LogP) is 3.52. The topological polar surface area (TPSA) is 92.9 Å². The van der Waals surface area contributed by atoms with E-state index in [4.69, 9.17) is 4.98 Å². The smallest absolute Gasteiger partial charge is 0.159 e. The van der Waals surface area contributed by atoms with Crippen molar-refractivity contribution in [1.29, 1.82) is 0 Å². The van der Waals surface area contributed by atoms with Gasteiger partial charge in [-0.1, -0.05) is 0 Å². The first-order chi connectivity index (χ1) is 17.5. The zero-order valence-corrected chi connectivity index (χ0v) is 20.6. The Morgan fingerprint density at radius 2 is 1.89 bits per heavy atom. The molecule has 0 amide bonds. The highest BCUT2D eigenvalue weighted by Gasteiger charge is 2.23. The van der Waals surface area contributed by atoms with Crippen molar-refractivity contribution in [3.05, 3.63) is 54.2 Å². The van der Waals surface area contributed by atoms with Gasteiger partial charge in [-0.25, -0.2) is 14.4 Å². The largest absolute Gasteiger partial charge is 0.352 e. The van der Waals surface area contributed by atoms with Crippen molar-refractivity contribution in [2.75, 3.05) is 52.2 Å². The van der Waals surface area contributed by atoms with Crippen molar-refractivity contribution in [1.82, 2.24) is 39.9 Å². The summed E-state index contributed by atoms with van der Waals surface area (Å²) < 4.78 is 16.0. The first-order valence-corrected chi connectivity index (χ1v) is 12.0. The Bertz CT molecular complexity index is 1550. The van der Waals surface area contributed by atoms with E-state index in [2.05, 4.69) is 46.9 Å². The number of halogens is 1. The minimum absolute atomic E-state index is 0.349. The van der Waals surface area contributed by atoms with Crippen molar-refractivity contribution in [3.63, 3.8) is 0 Å². The lowest BCUT2D eigenvalue weighted by Crippen LogP contribution is -2.44. The van der Waals surface area contributed by atoms with E-state index in [9.17, 15) is 0 Å². The van der Waals surface area contributed by atoms with E-state index >= 15 is 4.39 Å². The number of benzene rings is 1. The van der Waals surface area contributed by atoms with E-state index in [0.717, 1.165) is 60.7 Å². The minimum atomic E-state index is -0.349. The number of hydrogen-bond acceptors (Lipinski definition) is 7. The van der Waals surface area contributed by atoms with Crippen LogP contribution in [0.2, 0.25) is 0 Å². The molecule has 1 fully saturated rings. The summed E-state index contributed by atoms with van der Waals surface area (Å²) >= 11 is 0. The number of nitrogens with zero attached hydrogens (tertiary/aromatic N) is 7. The molecule has 6 rings (SSSR count). The number of aromatic nitrogens is 6. The fourth-order valence-corrected chi connectivity index (χ4v) is 4.84. The number of imidazole rings is 1. The first kappa shape index (κ1) is 22.6. The third kappa shape index (κ3) is 3.98. The number of pyridine rings is 2. The van der Waals surface area contributed by atoms with Crippen LogP contribution in [0.4, 0.5) is 10.2 Å². The van der Waals surface area contributed by atoms with Gasteiger partial charge in [-0.2, -0.15) is 5.10 Å². The first-order valence-electron chi connectivity index (χ1n) is 12.0. The molecule has 0 saturated carbocycles. The Hall–Kier alpha value is -3.89. The SMILES string of the molecule is CN(C)Cc1cncc(-c2ccc3[nH]nc(-c4nc5c(N6CCN(C)CC6)nccc5[nH]4)c3c2F)c1. The zero-order chi connectivity index (χ0) is 24.8. The number of hydrogen-bond donors (Lipinski definition) is 2. The summed E-state index contributed by atoms with van der Waals surface area (Å²) in [5, 5.41) is 7.81. The molecule has 0 atom stereocenters. The van der Waals surface area contributed by atoms with Crippen molar-refractivity contribution in [2.45, 2.75) is 6.54 Å². The third-order valence-electron chi connectivity index (χ3n) is 6.68. The molecule has 0 bridgehead atoms. The molecule has 1 saturated heterocycles. The van der Waals surface area contributed by atoms with Gasteiger partial charge in [0.2, 0.25) is 0 Å². The highest BCUT2D eigenvalue weighted by molar-refractivity contribution is 5.97. The molecule has 36 heavy (non-hydrogen) atoms. The molecule has 0 unspecified atom stereocenters. The summed E-state index contributed by atoms with van der Waals surface area (Å²) in [4.78, 5) is 23.8. The van der Waals surface area contributed by atoms with Crippen LogP contribution in [0, 0.1) is 5.82 Å². The lowest BCUT2D eigenvalue weighted by molar-refractivity contribution is 0.312. The van der Waals surface area contributed by atoms with E-state index in [1.165, 1.54) is 0 Å². The molecule has 184 valence electrons. The molecule has 1 aliphatic rings. The highest BCUT2D eigenvalue weighted by atomic mass is 19.1. The molecule has 0 spiro atoms. The maximum atomic E-state index is 16.0. The summed E-state index contributed by atoms with van der Waals surface area (Å²) in [6.45, 7) is 4.43. The number of fused-ring (bicyclic) bond motifs is 2. The van der Waals surface area contributed by atoms with Gasteiger partial charge in [0.25, 0.3) is 0 Å². The molecule has 0 aliphatic carbocycles. The molecule has 5 aromatic rings. The van der Waals surface area contributed by atoms with Crippen LogP contribution >= 0.6 is 0 Å². The number of piperazine rings is 1. The average Bonchev–Trinajstić information content (AvgIpc) is 3.49. The maximum Gasteiger partial charge on any atom is 0.159 e. The number of H-pyrrole nitrogens is 2. The van der Waals surface area contributed by atoms with Crippen LogP contribution < -0.4 is 4.90 Å². The van der Waals surface area contributed by atoms with E-state index in [0.29, 0.717) is 28.0 Å². The van der Waals surface area contributed by atoms with Gasteiger partial charge in [0.05, 0.1) is 16.4 Å². The Balaban J connectivity index is 1.43. The van der Waals surface area contributed by atoms with Gasteiger partial charge < -0.3 is 19.7 Å². The summed E-state index contributed by atoms with van der Waals surface area (Å²) in [6.07, 6.45) is 5.29. The van der Waals surface area contributed by atoms with Crippen molar-refractivity contribution in [3.8, 4) is 22.6 Å². The molecule has 2 N–H and O–H groups in total. The normalized spacial score (nSPS) is 15.0. The second-order valence-electron chi connectivity index (χ2n) is 9.65. The molecule has 4 aromatic heterocycles. The molecule has 5 heterocycles. The fourth-order valence-electron chi connectivity index (χ4n) is 4.84. The number of likely N-dealkylation sites (N-methyl/N-ethyl adjacent to an activating group) is 1. The van der Waals surface area contributed by atoms with Crippen LogP contribution in [0.5, 0.6) is 0 Å². The van der Waals surface area contributed by atoms with E-state index in [1.807, 2.05) is 38.5 Å². The quantitative estimate of drug-likeness (QED) is 0.394. The second kappa shape index (κ2) is 8.96. The summed E-state index contributed by atoms with van der Waals surface area (Å²) in [5.41, 5.74) is 4.91. The molecule has 1 aromatic carbocycles. The van der Waals surface area contributed by atoms with Crippen LogP contribution in [-0.4, -0.2) is 87.3 Å². The Morgan fingerprint density at radius 1 is 1.06 bits per heavy atom. The third-order valence-corrected chi connectivity index (χ3v) is 6.68. The Kier molecular flexibility index (Phi) is 5.62. The van der Waals surface area contributed by atoms with E-state index < -0.39 is 0 Å². The number of aromatic amines is 2. The standard InChI is InChI=1S/C26H28FN9/c1-34(2)15-16-12-17(14-28-13-16)18-4-5-19-21(22(18)27)24(33-32-19)25-30-20-6-7-29-26(23(20)31-25)36-10-8-35(3)9-11-36/h4-7,12-14H,8-11,15H2,1-3H3,(H,30,31)(H,32,33). The minimum Gasteiger partial charge on any atom is -0.352 e. The monoisotopic (exact) mass is 485 g/mol. The van der Waals surface area contributed by atoms with Crippen LogP contribution in [0.1, 0.15) is 5.56 Å². The fraction of sp³-hybridized carbons (Fsp3) is 0.308. The molecule has 9 nitrogen and oxygen atoms in total.